The van der Waals surface area contributed by atoms with Crippen molar-refractivity contribution in [3.63, 3.8) is 0 Å². The van der Waals surface area contributed by atoms with Crippen molar-refractivity contribution in [2.45, 2.75) is 0 Å². The first-order chi connectivity index (χ1) is 6.63. The summed E-state index contributed by atoms with van der Waals surface area (Å²) < 4.78 is 5.04. The molecule has 1 aromatic carbocycles. The van der Waals surface area contributed by atoms with Crippen molar-refractivity contribution in [1.29, 1.82) is 0 Å². The zero-order valence-electron chi connectivity index (χ0n) is 8.23. The Labute approximate surface area is 82.7 Å². The van der Waals surface area contributed by atoms with E-state index >= 15 is 0 Å². The van der Waals surface area contributed by atoms with Gasteiger partial charge in [0.05, 0.1) is 7.11 Å². The second-order valence-electron chi connectivity index (χ2n) is 2.95. The fourth-order valence-corrected chi connectivity index (χ4v) is 1.14. The third-order valence-electron chi connectivity index (χ3n) is 1.87. The van der Waals surface area contributed by atoms with E-state index < -0.39 is 5.97 Å². The molecule has 0 bridgehead atoms. The molecule has 0 radical (unpaired) electrons. The van der Waals surface area contributed by atoms with Crippen LogP contribution in [0.5, 0.6) is 5.75 Å². The third-order valence-corrected chi connectivity index (χ3v) is 1.87. The van der Waals surface area contributed by atoms with Gasteiger partial charge >= 0.3 is 5.97 Å². The number of likely N-dealkylation sites (N-methyl/N-ethyl adjacent to an activating group) is 1. The van der Waals surface area contributed by atoms with Crippen molar-refractivity contribution >= 4 is 11.7 Å². The van der Waals surface area contributed by atoms with Crippen LogP contribution in [0.4, 0.5) is 5.69 Å². The van der Waals surface area contributed by atoms with E-state index in [1.807, 2.05) is 18.2 Å². The van der Waals surface area contributed by atoms with Gasteiger partial charge < -0.3 is 14.7 Å². The number of methoxy groups -OCH3 is 1. The summed E-state index contributed by atoms with van der Waals surface area (Å²) in [5.41, 5.74) is 0.826. The zero-order chi connectivity index (χ0) is 10.6. The van der Waals surface area contributed by atoms with E-state index in [0.717, 1.165) is 11.4 Å². The van der Waals surface area contributed by atoms with Crippen LogP contribution in [-0.2, 0) is 4.79 Å². The van der Waals surface area contributed by atoms with Gasteiger partial charge in [-0.05, 0) is 12.1 Å². The number of carboxylic acids is 1. The van der Waals surface area contributed by atoms with E-state index in [2.05, 4.69) is 0 Å². The molecular formula is C10H13NO3. The van der Waals surface area contributed by atoms with E-state index in [4.69, 9.17) is 9.84 Å². The zero-order valence-corrected chi connectivity index (χ0v) is 8.23. The SMILES string of the molecule is COc1cccc(N(C)CC(=O)O)c1. The number of aliphatic carboxylic acids is 1. The number of benzene rings is 1. The van der Waals surface area contributed by atoms with E-state index in [1.54, 1.807) is 25.1 Å². The molecular weight excluding hydrogens is 182 g/mol. The lowest BCUT2D eigenvalue weighted by molar-refractivity contribution is -0.135. The number of carbonyl (C=O) groups is 1. The van der Waals surface area contributed by atoms with Crippen molar-refractivity contribution in [2.24, 2.45) is 0 Å². The van der Waals surface area contributed by atoms with E-state index in [-0.39, 0.29) is 6.54 Å². The predicted molar refractivity (Wildman–Crippen MR) is 53.9 cm³/mol. The van der Waals surface area contributed by atoms with E-state index in [9.17, 15) is 4.79 Å². The maximum atomic E-state index is 10.5. The Morgan fingerprint density at radius 3 is 2.86 bits per heavy atom. The third kappa shape index (κ3) is 2.65. The highest BCUT2D eigenvalue weighted by atomic mass is 16.5. The first kappa shape index (κ1) is 10.4. The number of ether oxygens (including phenoxy) is 1. The van der Waals surface area contributed by atoms with Gasteiger partial charge in [-0.1, -0.05) is 6.07 Å². The molecule has 0 saturated carbocycles. The van der Waals surface area contributed by atoms with E-state index in [0.29, 0.717) is 0 Å². The lowest BCUT2D eigenvalue weighted by atomic mass is 10.3. The Balaban J connectivity index is 2.78. The van der Waals surface area contributed by atoms with Gasteiger partial charge in [0.1, 0.15) is 12.3 Å². The number of anilines is 1. The molecule has 1 rings (SSSR count). The summed E-state index contributed by atoms with van der Waals surface area (Å²) in [6.07, 6.45) is 0. The smallest absolute Gasteiger partial charge is 0.323 e. The van der Waals surface area contributed by atoms with Gasteiger partial charge in [-0.25, -0.2) is 0 Å². The highest BCUT2D eigenvalue weighted by molar-refractivity contribution is 5.73. The fourth-order valence-electron chi connectivity index (χ4n) is 1.14. The van der Waals surface area contributed by atoms with Gasteiger partial charge in [-0.2, -0.15) is 0 Å². The Morgan fingerprint density at radius 2 is 2.29 bits per heavy atom. The van der Waals surface area contributed by atoms with Crippen molar-refractivity contribution in [3.05, 3.63) is 24.3 Å². The summed E-state index contributed by atoms with van der Waals surface area (Å²) in [5.74, 6) is -0.130. The Morgan fingerprint density at radius 1 is 1.57 bits per heavy atom. The molecule has 14 heavy (non-hydrogen) atoms. The summed E-state index contributed by atoms with van der Waals surface area (Å²) >= 11 is 0. The van der Waals surface area contributed by atoms with Crippen LogP contribution in [0.1, 0.15) is 0 Å². The minimum absolute atomic E-state index is 0.0207. The van der Waals surface area contributed by atoms with Crippen molar-refractivity contribution in [1.82, 2.24) is 0 Å². The average molecular weight is 195 g/mol. The summed E-state index contributed by atoms with van der Waals surface area (Å²) in [6, 6.07) is 7.28. The lowest BCUT2D eigenvalue weighted by Crippen LogP contribution is -2.24. The highest BCUT2D eigenvalue weighted by Crippen LogP contribution is 2.19. The molecule has 0 aliphatic heterocycles. The first-order valence-electron chi connectivity index (χ1n) is 4.20. The molecule has 0 saturated heterocycles. The van der Waals surface area contributed by atoms with Gasteiger partial charge in [-0.15, -0.1) is 0 Å². The summed E-state index contributed by atoms with van der Waals surface area (Å²) in [5, 5.41) is 8.60. The van der Waals surface area contributed by atoms with Crippen LogP contribution in [0, 0.1) is 0 Å². The molecule has 0 unspecified atom stereocenters. The summed E-state index contributed by atoms with van der Waals surface area (Å²) in [7, 11) is 3.30. The Hall–Kier alpha value is -1.71. The number of nitrogens with zero attached hydrogens (tertiary/aromatic N) is 1. The molecule has 0 aromatic heterocycles. The molecule has 0 atom stereocenters. The Bertz CT molecular complexity index is 325. The quantitative estimate of drug-likeness (QED) is 0.784. The number of hydrogen-bond acceptors (Lipinski definition) is 3. The number of carboxylic acid groups (broad SMARTS) is 1. The normalized spacial score (nSPS) is 9.57. The number of hydrogen-bond donors (Lipinski definition) is 1. The minimum Gasteiger partial charge on any atom is -0.497 e. The van der Waals surface area contributed by atoms with Crippen LogP contribution < -0.4 is 9.64 Å². The standard InChI is InChI=1S/C10H13NO3/c1-11(7-10(12)13)8-4-3-5-9(6-8)14-2/h3-6H,7H2,1-2H3,(H,12,13). The van der Waals surface area contributed by atoms with Crippen LogP contribution in [-0.4, -0.2) is 31.8 Å². The van der Waals surface area contributed by atoms with Crippen LogP contribution in [0.15, 0.2) is 24.3 Å². The fraction of sp³-hybridized carbons (Fsp3) is 0.300. The molecule has 1 aromatic rings. The average Bonchev–Trinajstić information content (AvgIpc) is 2.17. The molecule has 0 fully saturated rings. The molecule has 4 nitrogen and oxygen atoms in total. The van der Waals surface area contributed by atoms with Crippen molar-refractivity contribution < 1.29 is 14.6 Å². The van der Waals surface area contributed by atoms with Crippen LogP contribution >= 0.6 is 0 Å². The largest absolute Gasteiger partial charge is 0.497 e. The maximum absolute atomic E-state index is 10.5. The van der Waals surface area contributed by atoms with Gasteiger partial charge in [0, 0.05) is 18.8 Å². The monoisotopic (exact) mass is 195 g/mol. The van der Waals surface area contributed by atoms with Gasteiger partial charge in [0.2, 0.25) is 0 Å². The van der Waals surface area contributed by atoms with Crippen LogP contribution in [0.3, 0.4) is 0 Å². The first-order valence-corrected chi connectivity index (χ1v) is 4.20. The topological polar surface area (TPSA) is 49.8 Å². The second kappa shape index (κ2) is 4.50. The second-order valence-corrected chi connectivity index (χ2v) is 2.95. The van der Waals surface area contributed by atoms with Crippen LogP contribution in [0.2, 0.25) is 0 Å². The van der Waals surface area contributed by atoms with Crippen molar-refractivity contribution in [3.8, 4) is 5.75 Å². The molecule has 76 valence electrons. The minimum atomic E-state index is -0.852. The lowest BCUT2D eigenvalue weighted by Gasteiger charge is -2.17. The molecule has 0 spiro atoms. The van der Waals surface area contributed by atoms with Gasteiger partial charge in [-0.3, -0.25) is 4.79 Å². The maximum Gasteiger partial charge on any atom is 0.323 e. The molecule has 4 heteroatoms. The summed E-state index contributed by atoms with van der Waals surface area (Å²) in [6.45, 7) is -0.0207. The highest BCUT2D eigenvalue weighted by Gasteiger charge is 2.05. The number of rotatable bonds is 4. The molecule has 0 heterocycles. The van der Waals surface area contributed by atoms with Crippen LogP contribution in [0.25, 0.3) is 0 Å². The molecule has 0 amide bonds. The van der Waals surface area contributed by atoms with Gasteiger partial charge in [0.25, 0.3) is 0 Å². The van der Waals surface area contributed by atoms with Gasteiger partial charge in [0.15, 0.2) is 0 Å². The summed E-state index contributed by atoms with van der Waals surface area (Å²) in [4.78, 5) is 12.1. The molecule has 1 N–H and O–H groups in total. The molecule has 0 aliphatic rings. The molecule has 0 aliphatic carbocycles. The predicted octanol–water partition coefficient (Wildman–Crippen LogP) is 1.22. The Kier molecular flexibility index (Phi) is 3.34. The van der Waals surface area contributed by atoms with E-state index in [1.165, 1.54) is 0 Å². The van der Waals surface area contributed by atoms with Crippen molar-refractivity contribution in [2.75, 3.05) is 25.6 Å².